The average molecular weight is 311 g/mol. The number of nitrogens with one attached hydrogen (secondary N) is 1. The Kier molecular flexibility index (Phi) is 6.27. The van der Waals surface area contributed by atoms with Gasteiger partial charge in [-0.3, -0.25) is 4.72 Å². The van der Waals surface area contributed by atoms with Crippen molar-refractivity contribution in [1.29, 1.82) is 0 Å². The van der Waals surface area contributed by atoms with E-state index >= 15 is 0 Å². The highest BCUT2D eigenvalue weighted by Gasteiger charge is 2.15. The van der Waals surface area contributed by atoms with Crippen molar-refractivity contribution in [3.63, 3.8) is 0 Å². The maximum atomic E-state index is 11.9. The van der Waals surface area contributed by atoms with Crippen LogP contribution in [0.1, 0.15) is 40.0 Å². The summed E-state index contributed by atoms with van der Waals surface area (Å²) >= 11 is 0. The standard InChI is InChI=1S/C16H25NO3S/c1-5-7-8-13-21(18,19)17-14-9-11-15(12-10-14)20-16(3,4)6-2/h6,9-12,17H,2,5,7-8,13H2,1,3-4H3. The number of unbranched alkanes of at least 4 members (excludes halogenated alkanes) is 2. The van der Waals surface area contributed by atoms with Crippen LogP contribution in [0, 0.1) is 0 Å². The van der Waals surface area contributed by atoms with Gasteiger partial charge in [-0.05, 0) is 50.6 Å². The molecular formula is C16H25NO3S. The second-order valence-corrected chi connectivity index (χ2v) is 7.40. The van der Waals surface area contributed by atoms with E-state index in [0.29, 0.717) is 17.9 Å². The van der Waals surface area contributed by atoms with E-state index in [-0.39, 0.29) is 5.75 Å². The van der Waals surface area contributed by atoms with Crippen molar-refractivity contribution >= 4 is 15.7 Å². The molecule has 0 amide bonds. The molecule has 0 aliphatic carbocycles. The fourth-order valence-corrected chi connectivity index (χ4v) is 2.89. The predicted molar refractivity (Wildman–Crippen MR) is 88.3 cm³/mol. The van der Waals surface area contributed by atoms with Crippen molar-refractivity contribution in [2.45, 2.75) is 45.6 Å². The van der Waals surface area contributed by atoms with Crippen molar-refractivity contribution < 1.29 is 13.2 Å². The van der Waals surface area contributed by atoms with Gasteiger partial charge in [-0.25, -0.2) is 8.42 Å². The van der Waals surface area contributed by atoms with Crippen molar-refractivity contribution in [2.24, 2.45) is 0 Å². The van der Waals surface area contributed by atoms with Gasteiger partial charge in [-0.15, -0.1) is 0 Å². The number of ether oxygens (including phenoxy) is 1. The minimum absolute atomic E-state index is 0.155. The van der Waals surface area contributed by atoms with E-state index in [0.717, 1.165) is 12.8 Å². The average Bonchev–Trinajstić information content (AvgIpc) is 2.40. The second-order valence-electron chi connectivity index (χ2n) is 5.56. The second kappa shape index (κ2) is 7.50. The number of hydrogen-bond donors (Lipinski definition) is 1. The summed E-state index contributed by atoms with van der Waals surface area (Å²) in [4.78, 5) is 0. The highest BCUT2D eigenvalue weighted by atomic mass is 32.2. The highest BCUT2D eigenvalue weighted by Crippen LogP contribution is 2.22. The van der Waals surface area contributed by atoms with Gasteiger partial charge >= 0.3 is 0 Å². The molecule has 1 N–H and O–H groups in total. The third-order valence-corrected chi connectivity index (χ3v) is 4.39. The van der Waals surface area contributed by atoms with Crippen LogP contribution in [-0.2, 0) is 10.0 Å². The van der Waals surface area contributed by atoms with Gasteiger partial charge in [-0.2, -0.15) is 0 Å². The number of rotatable bonds is 9. The Labute approximate surface area is 128 Å². The fourth-order valence-electron chi connectivity index (χ4n) is 1.71. The Hall–Kier alpha value is -1.49. The van der Waals surface area contributed by atoms with Gasteiger partial charge in [0.15, 0.2) is 0 Å². The van der Waals surface area contributed by atoms with Crippen molar-refractivity contribution in [1.82, 2.24) is 0 Å². The lowest BCUT2D eigenvalue weighted by Gasteiger charge is -2.22. The summed E-state index contributed by atoms with van der Waals surface area (Å²) in [6.45, 7) is 9.57. The monoisotopic (exact) mass is 311 g/mol. The summed E-state index contributed by atoms with van der Waals surface area (Å²) < 4.78 is 32.1. The van der Waals surface area contributed by atoms with Crippen LogP contribution < -0.4 is 9.46 Å². The summed E-state index contributed by atoms with van der Waals surface area (Å²) in [5.41, 5.74) is 0.0940. The molecule has 0 saturated heterocycles. The van der Waals surface area contributed by atoms with E-state index in [1.54, 1.807) is 30.3 Å². The van der Waals surface area contributed by atoms with E-state index < -0.39 is 15.6 Å². The molecule has 118 valence electrons. The first-order valence-electron chi connectivity index (χ1n) is 7.21. The number of hydrogen-bond acceptors (Lipinski definition) is 3. The van der Waals surface area contributed by atoms with Crippen LogP contribution in [0.3, 0.4) is 0 Å². The molecule has 0 unspecified atom stereocenters. The molecule has 1 aromatic rings. The summed E-state index contributed by atoms with van der Waals surface area (Å²) in [7, 11) is -3.27. The van der Waals surface area contributed by atoms with Crippen LogP contribution in [0.2, 0.25) is 0 Å². The molecule has 0 radical (unpaired) electrons. The third-order valence-electron chi connectivity index (χ3n) is 3.02. The van der Waals surface area contributed by atoms with Crippen molar-refractivity contribution in [3.8, 4) is 5.75 Å². The Morgan fingerprint density at radius 1 is 1.24 bits per heavy atom. The molecule has 0 aliphatic heterocycles. The minimum Gasteiger partial charge on any atom is -0.484 e. The Bertz CT molecular complexity index is 547. The summed E-state index contributed by atoms with van der Waals surface area (Å²) in [6, 6.07) is 6.89. The molecule has 0 saturated carbocycles. The van der Waals surface area contributed by atoms with Crippen LogP contribution in [0.4, 0.5) is 5.69 Å². The molecule has 0 aliphatic rings. The SMILES string of the molecule is C=CC(C)(C)Oc1ccc(NS(=O)(=O)CCCCC)cc1. The van der Waals surface area contributed by atoms with Gasteiger partial charge in [0.05, 0.1) is 5.75 Å². The predicted octanol–water partition coefficient (Wildman–Crippen LogP) is 3.96. The third kappa shape index (κ3) is 6.67. The first kappa shape index (κ1) is 17.6. The molecule has 0 heterocycles. The fraction of sp³-hybridized carbons (Fsp3) is 0.500. The number of benzene rings is 1. The van der Waals surface area contributed by atoms with Crippen LogP contribution in [0.25, 0.3) is 0 Å². The normalized spacial score (nSPS) is 12.0. The molecule has 5 heteroatoms. The van der Waals surface area contributed by atoms with Crippen molar-refractivity contribution in [3.05, 3.63) is 36.9 Å². The molecule has 0 atom stereocenters. The molecule has 1 aromatic carbocycles. The van der Waals surface area contributed by atoms with Crippen LogP contribution >= 0.6 is 0 Å². The zero-order valence-electron chi connectivity index (χ0n) is 13.1. The van der Waals surface area contributed by atoms with E-state index in [2.05, 4.69) is 11.3 Å². The van der Waals surface area contributed by atoms with Crippen LogP contribution in [0.15, 0.2) is 36.9 Å². The zero-order valence-corrected chi connectivity index (χ0v) is 13.9. The van der Waals surface area contributed by atoms with Gasteiger partial charge in [0.1, 0.15) is 11.4 Å². The quantitative estimate of drug-likeness (QED) is 0.555. The molecule has 0 aromatic heterocycles. The van der Waals surface area contributed by atoms with Crippen LogP contribution in [-0.4, -0.2) is 19.8 Å². The van der Waals surface area contributed by atoms with Gasteiger partial charge in [0.2, 0.25) is 10.0 Å². The van der Waals surface area contributed by atoms with E-state index in [1.807, 2.05) is 20.8 Å². The van der Waals surface area contributed by atoms with Gasteiger partial charge in [0, 0.05) is 5.69 Å². The molecule has 0 fully saturated rings. The maximum absolute atomic E-state index is 11.9. The lowest BCUT2D eigenvalue weighted by Crippen LogP contribution is -2.24. The molecule has 0 spiro atoms. The van der Waals surface area contributed by atoms with E-state index in [1.165, 1.54) is 0 Å². The van der Waals surface area contributed by atoms with Crippen LogP contribution in [0.5, 0.6) is 5.75 Å². The number of sulfonamides is 1. The Morgan fingerprint density at radius 2 is 1.86 bits per heavy atom. The van der Waals surface area contributed by atoms with E-state index in [9.17, 15) is 8.42 Å². The lowest BCUT2D eigenvalue weighted by molar-refractivity contribution is 0.162. The van der Waals surface area contributed by atoms with Gasteiger partial charge < -0.3 is 4.74 Å². The first-order valence-corrected chi connectivity index (χ1v) is 8.86. The molecule has 0 bridgehead atoms. The lowest BCUT2D eigenvalue weighted by atomic mass is 10.1. The van der Waals surface area contributed by atoms with E-state index in [4.69, 9.17) is 4.74 Å². The van der Waals surface area contributed by atoms with Crippen molar-refractivity contribution in [2.75, 3.05) is 10.5 Å². The minimum atomic E-state index is -3.27. The smallest absolute Gasteiger partial charge is 0.232 e. The summed E-state index contributed by atoms with van der Waals surface area (Å²) in [5.74, 6) is 0.830. The summed E-state index contributed by atoms with van der Waals surface area (Å²) in [6.07, 6.45) is 4.32. The topological polar surface area (TPSA) is 55.4 Å². The molecular weight excluding hydrogens is 286 g/mol. The number of anilines is 1. The first-order chi connectivity index (χ1) is 9.78. The largest absolute Gasteiger partial charge is 0.484 e. The molecule has 1 rings (SSSR count). The molecule has 4 nitrogen and oxygen atoms in total. The molecule has 21 heavy (non-hydrogen) atoms. The Balaban J connectivity index is 2.64. The maximum Gasteiger partial charge on any atom is 0.232 e. The van der Waals surface area contributed by atoms with Gasteiger partial charge in [0.25, 0.3) is 0 Å². The highest BCUT2D eigenvalue weighted by molar-refractivity contribution is 7.92. The summed E-state index contributed by atoms with van der Waals surface area (Å²) in [5, 5.41) is 0. The van der Waals surface area contributed by atoms with Gasteiger partial charge in [-0.1, -0.05) is 26.3 Å². The zero-order chi connectivity index (χ0) is 15.9. The Morgan fingerprint density at radius 3 is 2.38 bits per heavy atom.